The van der Waals surface area contributed by atoms with Crippen LogP contribution in [0.2, 0.25) is 0 Å². The minimum Gasteiger partial charge on any atom is -0.293 e. The molecule has 3 nitrogen and oxygen atoms in total. The lowest BCUT2D eigenvalue weighted by atomic mass is 10.2. The Labute approximate surface area is 92.9 Å². The smallest absolute Gasteiger partial charge is 0.293 e. The average Bonchev–Trinajstić information content (AvgIpc) is 2.15. The summed E-state index contributed by atoms with van der Waals surface area (Å²) in [4.78, 5) is 14.4. The molecular weight excluding hydrogens is 243 g/mol. The second kappa shape index (κ2) is 4.42. The van der Waals surface area contributed by atoms with Gasteiger partial charge in [0.15, 0.2) is 22.7 Å². The minimum absolute atomic E-state index is 0.0812. The molecule has 0 aromatic carbocycles. The van der Waals surface area contributed by atoms with E-state index in [1.807, 2.05) is 0 Å². The summed E-state index contributed by atoms with van der Waals surface area (Å²) in [5.41, 5.74) is -1.10. The van der Waals surface area contributed by atoms with Crippen LogP contribution < -0.4 is 0 Å². The summed E-state index contributed by atoms with van der Waals surface area (Å²) in [7, 11) is 0. The summed E-state index contributed by atoms with van der Waals surface area (Å²) in [6.07, 6.45) is -2.63. The molecule has 88 valence electrons. The standard InChI is InChI=1S/C9H9F3NO2S/c1-5(14)8-7(16(2)15)3-6(4-13-8)9(10,11)12/h3-4,15H,1-2H3/q+1. The Morgan fingerprint density at radius 2 is 2.06 bits per heavy atom. The Balaban J connectivity index is 3.34. The van der Waals surface area contributed by atoms with E-state index in [1.54, 1.807) is 0 Å². The summed E-state index contributed by atoms with van der Waals surface area (Å²) in [6.45, 7) is 1.19. The van der Waals surface area contributed by atoms with Crippen molar-refractivity contribution in [1.82, 2.24) is 4.98 Å². The molecule has 0 bridgehead atoms. The average molecular weight is 252 g/mol. The largest absolute Gasteiger partial charge is 0.418 e. The van der Waals surface area contributed by atoms with Crippen LogP contribution in [-0.2, 0) is 17.4 Å². The molecule has 0 saturated carbocycles. The van der Waals surface area contributed by atoms with E-state index < -0.39 is 28.7 Å². The van der Waals surface area contributed by atoms with E-state index in [2.05, 4.69) is 4.98 Å². The van der Waals surface area contributed by atoms with Crippen molar-refractivity contribution in [3.8, 4) is 0 Å². The van der Waals surface area contributed by atoms with Crippen molar-refractivity contribution >= 4 is 17.0 Å². The second-order valence-electron chi connectivity index (χ2n) is 3.10. The zero-order valence-corrected chi connectivity index (χ0v) is 9.32. The number of pyridine rings is 1. The highest BCUT2D eigenvalue weighted by atomic mass is 32.2. The fourth-order valence-electron chi connectivity index (χ4n) is 1.09. The molecule has 1 atom stereocenters. The van der Waals surface area contributed by atoms with E-state index in [4.69, 9.17) is 0 Å². The number of aromatic nitrogens is 1. The molecule has 16 heavy (non-hydrogen) atoms. The molecule has 1 heterocycles. The van der Waals surface area contributed by atoms with E-state index in [1.165, 1.54) is 13.2 Å². The Hall–Kier alpha value is -1.08. The fourth-order valence-corrected chi connectivity index (χ4v) is 1.86. The lowest BCUT2D eigenvalue weighted by Crippen LogP contribution is -2.13. The minimum atomic E-state index is -4.53. The molecule has 0 radical (unpaired) electrons. The van der Waals surface area contributed by atoms with Crippen LogP contribution >= 0.6 is 0 Å². The quantitative estimate of drug-likeness (QED) is 0.649. The molecule has 0 fully saturated rings. The Morgan fingerprint density at radius 3 is 2.44 bits per heavy atom. The van der Waals surface area contributed by atoms with Crippen molar-refractivity contribution in [3.05, 3.63) is 23.5 Å². The molecule has 1 unspecified atom stereocenters. The number of hydrogen-bond donors (Lipinski definition) is 1. The first kappa shape index (κ1) is 13.0. The maximum absolute atomic E-state index is 12.4. The van der Waals surface area contributed by atoms with Gasteiger partial charge in [0.25, 0.3) is 0 Å². The number of alkyl halides is 3. The first-order valence-electron chi connectivity index (χ1n) is 4.16. The van der Waals surface area contributed by atoms with Crippen LogP contribution in [0.3, 0.4) is 0 Å². The zero-order valence-electron chi connectivity index (χ0n) is 8.50. The van der Waals surface area contributed by atoms with Crippen LogP contribution in [0.5, 0.6) is 0 Å². The van der Waals surface area contributed by atoms with Gasteiger partial charge in [-0.15, -0.1) is 0 Å². The van der Waals surface area contributed by atoms with Crippen LogP contribution in [0.1, 0.15) is 23.0 Å². The van der Waals surface area contributed by atoms with Gasteiger partial charge in [0, 0.05) is 19.2 Å². The molecule has 1 rings (SSSR count). The molecule has 0 aliphatic carbocycles. The predicted octanol–water partition coefficient (Wildman–Crippen LogP) is 2.38. The molecule has 0 spiro atoms. The first-order valence-corrected chi connectivity index (χ1v) is 5.75. The van der Waals surface area contributed by atoms with Gasteiger partial charge in [0.1, 0.15) is 6.26 Å². The third-order valence-electron chi connectivity index (χ3n) is 1.83. The number of carbonyl (C=O) groups excluding carboxylic acids is 1. The molecule has 7 heteroatoms. The summed E-state index contributed by atoms with van der Waals surface area (Å²) in [5.74, 6) is -0.475. The molecule has 0 aliphatic rings. The SMILES string of the molecule is CC(=O)c1ncc(C(F)(F)F)cc1[S+](C)O. The topological polar surface area (TPSA) is 50.2 Å². The number of Topliss-reactive ketones (excluding diaryl/α,β-unsaturated/α-hetero) is 1. The van der Waals surface area contributed by atoms with Crippen molar-refractivity contribution in [3.63, 3.8) is 0 Å². The van der Waals surface area contributed by atoms with E-state index in [-0.39, 0.29) is 10.6 Å². The lowest BCUT2D eigenvalue weighted by Gasteiger charge is -2.07. The van der Waals surface area contributed by atoms with Crippen LogP contribution in [0.4, 0.5) is 13.2 Å². The highest BCUT2D eigenvalue weighted by Gasteiger charge is 2.34. The highest BCUT2D eigenvalue weighted by Crippen LogP contribution is 2.30. The molecule has 1 aromatic rings. The molecule has 1 N–H and O–H groups in total. The third-order valence-corrected chi connectivity index (χ3v) is 2.78. The van der Waals surface area contributed by atoms with Gasteiger partial charge in [0.2, 0.25) is 4.90 Å². The van der Waals surface area contributed by atoms with Crippen molar-refractivity contribution in [2.24, 2.45) is 0 Å². The Kier molecular flexibility index (Phi) is 3.59. The number of rotatable bonds is 2. The van der Waals surface area contributed by atoms with E-state index in [0.717, 1.165) is 6.07 Å². The third kappa shape index (κ3) is 2.73. The van der Waals surface area contributed by atoms with Gasteiger partial charge >= 0.3 is 6.18 Å². The number of halogens is 3. The maximum Gasteiger partial charge on any atom is 0.418 e. The van der Waals surface area contributed by atoms with Gasteiger partial charge in [-0.1, -0.05) is 0 Å². The van der Waals surface area contributed by atoms with Crippen molar-refractivity contribution < 1.29 is 22.5 Å². The summed E-state index contributed by atoms with van der Waals surface area (Å²) < 4.78 is 46.4. The van der Waals surface area contributed by atoms with Crippen molar-refractivity contribution in [2.45, 2.75) is 18.0 Å². The van der Waals surface area contributed by atoms with Crippen molar-refractivity contribution in [2.75, 3.05) is 6.26 Å². The normalized spacial score (nSPS) is 13.6. The summed E-state index contributed by atoms with van der Waals surface area (Å²) >= 11 is -1.44. The van der Waals surface area contributed by atoms with E-state index in [0.29, 0.717) is 6.20 Å². The molecule has 0 saturated heterocycles. The number of ketones is 1. The zero-order chi connectivity index (χ0) is 12.5. The highest BCUT2D eigenvalue weighted by molar-refractivity contribution is 7.90. The van der Waals surface area contributed by atoms with Crippen LogP contribution in [0.15, 0.2) is 17.2 Å². The van der Waals surface area contributed by atoms with Gasteiger partial charge in [0.05, 0.1) is 5.56 Å². The summed E-state index contributed by atoms with van der Waals surface area (Å²) in [6, 6.07) is 0.757. The fraction of sp³-hybridized carbons (Fsp3) is 0.333. The van der Waals surface area contributed by atoms with Gasteiger partial charge in [-0.2, -0.15) is 17.7 Å². The lowest BCUT2D eigenvalue weighted by molar-refractivity contribution is -0.138. The van der Waals surface area contributed by atoms with Gasteiger partial charge in [-0.3, -0.25) is 4.79 Å². The predicted molar refractivity (Wildman–Crippen MR) is 53.4 cm³/mol. The van der Waals surface area contributed by atoms with E-state index in [9.17, 15) is 22.5 Å². The van der Waals surface area contributed by atoms with Gasteiger partial charge < -0.3 is 0 Å². The Morgan fingerprint density at radius 1 is 1.50 bits per heavy atom. The molecule has 0 aliphatic heterocycles. The number of carbonyl (C=O) groups is 1. The van der Waals surface area contributed by atoms with Gasteiger partial charge in [-0.25, -0.2) is 4.98 Å². The van der Waals surface area contributed by atoms with E-state index >= 15 is 0 Å². The van der Waals surface area contributed by atoms with Crippen LogP contribution in [0, 0.1) is 0 Å². The monoisotopic (exact) mass is 252 g/mol. The molecular formula is C9H9F3NO2S+. The molecule has 0 amide bonds. The number of hydrogen-bond acceptors (Lipinski definition) is 3. The second-order valence-corrected chi connectivity index (χ2v) is 4.50. The summed E-state index contributed by atoms with van der Waals surface area (Å²) in [5, 5.41) is 0. The maximum atomic E-state index is 12.4. The Bertz CT molecular complexity index is 418. The van der Waals surface area contributed by atoms with Crippen LogP contribution in [-0.4, -0.2) is 21.6 Å². The van der Waals surface area contributed by atoms with Crippen LogP contribution in [0.25, 0.3) is 0 Å². The number of nitrogens with zero attached hydrogens (tertiary/aromatic N) is 1. The van der Waals surface area contributed by atoms with Crippen molar-refractivity contribution in [1.29, 1.82) is 0 Å². The first-order chi connectivity index (χ1) is 7.23. The van der Waals surface area contributed by atoms with Gasteiger partial charge in [-0.05, 0) is 0 Å². The molecule has 1 aromatic heterocycles.